The number of methoxy groups -OCH3 is 1. The first-order valence-electron chi connectivity index (χ1n) is 7.04. The lowest BCUT2D eigenvalue weighted by Crippen LogP contribution is -2.35. The van der Waals surface area contributed by atoms with Crippen LogP contribution in [0.15, 0.2) is 18.2 Å². The third kappa shape index (κ3) is 2.51. The molecule has 0 N–H and O–H groups in total. The van der Waals surface area contributed by atoms with Gasteiger partial charge in [-0.05, 0) is 54.6 Å². The standard InChI is InChI=1S/C15H17N3O2S/c1-3-12-14(21-17-16-12)15(19)18-8-4-5-10-9-11(20-2)6-7-13(10)18/h6-7,9H,3-5,8H2,1-2H3. The maximum atomic E-state index is 12.8. The zero-order valence-corrected chi connectivity index (χ0v) is 12.9. The van der Waals surface area contributed by atoms with Crippen LogP contribution in [0.25, 0.3) is 0 Å². The van der Waals surface area contributed by atoms with Gasteiger partial charge in [0.1, 0.15) is 10.6 Å². The molecule has 0 radical (unpaired) electrons. The number of benzene rings is 1. The molecule has 21 heavy (non-hydrogen) atoms. The van der Waals surface area contributed by atoms with Gasteiger partial charge in [0.15, 0.2) is 0 Å². The van der Waals surface area contributed by atoms with Crippen LogP contribution in [0.2, 0.25) is 0 Å². The van der Waals surface area contributed by atoms with Gasteiger partial charge in [-0.15, -0.1) is 5.10 Å². The van der Waals surface area contributed by atoms with E-state index in [1.807, 2.05) is 30.0 Å². The summed E-state index contributed by atoms with van der Waals surface area (Å²) in [6.45, 7) is 2.72. The minimum Gasteiger partial charge on any atom is -0.497 e. The Morgan fingerprint density at radius 2 is 2.33 bits per heavy atom. The van der Waals surface area contributed by atoms with Crippen molar-refractivity contribution in [2.45, 2.75) is 26.2 Å². The van der Waals surface area contributed by atoms with E-state index in [2.05, 4.69) is 9.59 Å². The summed E-state index contributed by atoms with van der Waals surface area (Å²) in [5, 5.41) is 4.03. The van der Waals surface area contributed by atoms with Crippen molar-refractivity contribution in [3.63, 3.8) is 0 Å². The second kappa shape index (κ2) is 5.81. The molecule has 0 bridgehead atoms. The largest absolute Gasteiger partial charge is 0.497 e. The van der Waals surface area contributed by atoms with Gasteiger partial charge in [-0.3, -0.25) is 4.79 Å². The van der Waals surface area contributed by atoms with Crippen LogP contribution in [0, 0.1) is 0 Å². The number of carbonyl (C=O) groups excluding carboxylic acids is 1. The van der Waals surface area contributed by atoms with E-state index in [1.165, 1.54) is 11.5 Å². The summed E-state index contributed by atoms with van der Waals surface area (Å²) in [5.74, 6) is 0.838. The second-order valence-corrected chi connectivity index (χ2v) is 5.71. The Kier molecular flexibility index (Phi) is 3.88. The van der Waals surface area contributed by atoms with Crippen molar-refractivity contribution < 1.29 is 9.53 Å². The third-order valence-electron chi connectivity index (χ3n) is 3.74. The van der Waals surface area contributed by atoms with Crippen LogP contribution in [0.4, 0.5) is 5.69 Å². The Hall–Kier alpha value is -1.95. The molecule has 0 saturated carbocycles. The summed E-state index contributed by atoms with van der Waals surface area (Å²) >= 11 is 1.18. The maximum Gasteiger partial charge on any atom is 0.271 e. The van der Waals surface area contributed by atoms with Crippen LogP contribution in [0.1, 0.15) is 34.3 Å². The number of nitrogens with zero attached hydrogens (tertiary/aromatic N) is 3. The highest BCUT2D eigenvalue weighted by atomic mass is 32.1. The van der Waals surface area contributed by atoms with Gasteiger partial charge in [0.25, 0.3) is 5.91 Å². The number of hydrogen-bond acceptors (Lipinski definition) is 5. The van der Waals surface area contributed by atoms with Gasteiger partial charge < -0.3 is 9.64 Å². The van der Waals surface area contributed by atoms with E-state index in [-0.39, 0.29) is 5.91 Å². The van der Waals surface area contributed by atoms with E-state index in [9.17, 15) is 4.79 Å². The van der Waals surface area contributed by atoms with Gasteiger partial charge in [-0.25, -0.2) is 0 Å². The number of anilines is 1. The summed E-state index contributed by atoms with van der Waals surface area (Å²) in [7, 11) is 1.66. The lowest BCUT2D eigenvalue weighted by atomic mass is 10.0. The normalized spacial score (nSPS) is 13.9. The number of aryl methyl sites for hydroxylation is 2. The molecular formula is C15H17N3O2S. The number of carbonyl (C=O) groups is 1. The SMILES string of the molecule is CCc1nnsc1C(=O)N1CCCc2cc(OC)ccc21. The molecule has 0 atom stereocenters. The highest BCUT2D eigenvalue weighted by Crippen LogP contribution is 2.32. The van der Waals surface area contributed by atoms with Crippen LogP contribution < -0.4 is 9.64 Å². The average molecular weight is 303 g/mol. The van der Waals surface area contributed by atoms with Crippen molar-refractivity contribution in [2.24, 2.45) is 0 Å². The Balaban J connectivity index is 1.96. The topological polar surface area (TPSA) is 55.3 Å². The first kappa shape index (κ1) is 14.0. The molecular weight excluding hydrogens is 286 g/mol. The predicted octanol–water partition coefficient (Wildman–Crippen LogP) is 2.70. The molecule has 5 nitrogen and oxygen atoms in total. The number of ether oxygens (including phenoxy) is 1. The van der Waals surface area contributed by atoms with Crippen LogP contribution in [0.5, 0.6) is 5.75 Å². The van der Waals surface area contributed by atoms with Crippen molar-refractivity contribution in [3.8, 4) is 5.75 Å². The summed E-state index contributed by atoms with van der Waals surface area (Å²) in [6, 6.07) is 5.88. The van der Waals surface area contributed by atoms with Crippen molar-refractivity contribution in [1.82, 2.24) is 9.59 Å². The first-order valence-corrected chi connectivity index (χ1v) is 7.82. The van der Waals surface area contributed by atoms with Crippen LogP contribution in [-0.2, 0) is 12.8 Å². The molecule has 6 heteroatoms. The van der Waals surface area contributed by atoms with Gasteiger partial charge in [0, 0.05) is 12.2 Å². The molecule has 0 unspecified atom stereocenters. The minimum absolute atomic E-state index is 0.00738. The van der Waals surface area contributed by atoms with Gasteiger partial charge in [0.05, 0.1) is 12.8 Å². The van der Waals surface area contributed by atoms with Crippen molar-refractivity contribution in [3.05, 3.63) is 34.3 Å². The zero-order valence-electron chi connectivity index (χ0n) is 12.1. The highest BCUT2D eigenvalue weighted by molar-refractivity contribution is 7.08. The third-order valence-corrected chi connectivity index (χ3v) is 4.49. The van der Waals surface area contributed by atoms with Crippen molar-refractivity contribution in [1.29, 1.82) is 0 Å². The molecule has 3 rings (SSSR count). The number of hydrogen-bond donors (Lipinski definition) is 0. The quantitative estimate of drug-likeness (QED) is 0.875. The van der Waals surface area contributed by atoms with Crippen molar-refractivity contribution in [2.75, 3.05) is 18.6 Å². The summed E-state index contributed by atoms with van der Waals surface area (Å²) in [5.41, 5.74) is 2.91. The molecule has 0 fully saturated rings. The fourth-order valence-electron chi connectivity index (χ4n) is 2.64. The van der Waals surface area contributed by atoms with Gasteiger partial charge in [-0.1, -0.05) is 11.4 Å². The molecule has 0 saturated heterocycles. The number of fused-ring (bicyclic) bond motifs is 1. The minimum atomic E-state index is 0.00738. The summed E-state index contributed by atoms with van der Waals surface area (Å²) in [4.78, 5) is 15.3. The summed E-state index contributed by atoms with van der Waals surface area (Å²) in [6.07, 6.45) is 2.65. The number of amides is 1. The molecule has 0 aliphatic carbocycles. The molecule has 0 spiro atoms. The van der Waals surface area contributed by atoms with Gasteiger partial charge in [-0.2, -0.15) is 0 Å². The fraction of sp³-hybridized carbons (Fsp3) is 0.400. The Morgan fingerprint density at radius 1 is 1.48 bits per heavy atom. The number of rotatable bonds is 3. The van der Waals surface area contributed by atoms with E-state index < -0.39 is 0 Å². The summed E-state index contributed by atoms with van der Waals surface area (Å²) < 4.78 is 9.18. The predicted molar refractivity (Wildman–Crippen MR) is 82.3 cm³/mol. The average Bonchev–Trinajstić information content (AvgIpc) is 3.01. The number of aromatic nitrogens is 2. The van der Waals surface area contributed by atoms with E-state index in [0.29, 0.717) is 4.88 Å². The Morgan fingerprint density at radius 3 is 3.10 bits per heavy atom. The van der Waals surface area contributed by atoms with E-state index >= 15 is 0 Å². The molecule has 1 aliphatic heterocycles. The van der Waals surface area contributed by atoms with Crippen LogP contribution in [-0.4, -0.2) is 29.1 Å². The highest BCUT2D eigenvalue weighted by Gasteiger charge is 2.27. The lowest BCUT2D eigenvalue weighted by Gasteiger charge is -2.29. The van der Waals surface area contributed by atoms with Gasteiger partial charge >= 0.3 is 0 Å². The van der Waals surface area contributed by atoms with E-state index in [1.54, 1.807) is 7.11 Å². The Labute approximate surface area is 127 Å². The molecule has 1 aromatic heterocycles. The van der Waals surface area contributed by atoms with Gasteiger partial charge in [0.2, 0.25) is 0 Å². The lowest BCUT2D eigenvalue weighted by molar-refractivity contribution is 0.0988. The van der Waals surface area contributed by atoms with E-state index in [0.717, 1.165) is 48.5 Å². The monoisotopic (exact) mass is 303 g/mol. The van der Waals surface area contributed by atoms with E-state index in [4.69, 9.17) is 4.74 Å². The Bertz CT molecular complexity index is 669. The molecule has 1 aliphatic rings. The molecule has 110 valence electrons. The second-order valence-electron chi connectivity index (χ2n) is 4.96. The van der Waals surface area contributed by atoms with Crippen LogP contribution in [0.3, 0.4) is 0 Å². The molecule has 2 heterocycles. The maximum absolute atomic E-state index is 12.8. The molecule has 2 aromatic rings. The first-order chi connectivity index (χ1) is 10.2. The zero-order chi connectivity index (χ0) is 14.8. The van der Waals surface area contributed by atoms with Crippen LogP contribution >= 0.6 is 11.5 Å². The smallest absolute Gasteiger partial charge is 0.271 e. The molecule has 1 aromatic carbocycles. The fourth-order valence-corrected chi connectivity index (χ4v) is 3.34. The van der Waals surface area contributed by atoms with Crippen molar-refractivity contribution >= 4 is 23.1 Å². The molecule has 1 amide bonds.